The molecule has 31 valence electrons. The number of rotatable bonds is 0. The normalized spacial score (nSPS) is 11.8. The molecule has 0 bridgehead atoms. The molecule has 0 spiro atoms. The molecule has 0 atom stereocenters. The summed E-state index contributed by atoms with van der Waals surface area (Å²) in [5, 5.41) is 0. The number of halogens is 3. The maximum atomic E-state index is 10.4. The Morgan fingerprint density at radius 1 is 1.20 bits per heavy atom. The first-order chi connectivity index (χ1) is 2.00. The first-order valence-electron chi connectivity index (χ1n) is 0.771. The molecule has 0 aliphatic heterocycles. The fourth-order valence-corrected chi connectivity index (χ4v) is 0. The van der Waals surface area contributed by atoms with Crippen molar-refractivity contribution in [2.75, 3.05) is 0 Å². The van der Waals surface area contributed by atoms with Crippen molar-refractivity contribution in [3.63, 3.8) is 0 Å². The quantitative estimate of drug-likeness (QED) is 0.571. The van der Waals surface area contributed by atoms with Crippen molar-refractivity contribution in [3.8, 4) is 0 Å². The van der Waals surface area contributed by atoms with E-state index in [9.17, 15) is 13.2 Å². The molecule has 0 aromatic heterocycles. The predicted molar refractivity (Wildman–Crippen MR) is 6.05 cm³/mol. The number of hydrogen-bond acceptors (Lipinski definition) is 0. The average Bonchev–Trinajstić information content (AvgIpc) is 0.722. The van der Waals surface area contributed by atoms with Crippen LogP contribution in [0.1, 0.15) is 0 Å². The van der Waals surface area contributed by atoms with Gasteiger partial charge in [-0.05, 0) is 0 Å². The molecule has 0 fully saturated rings. The van der Waals surface area contributed by atoms with Gasteiger partial charge >= 0.3 is 53.4 Å². The van der Waals surface area contributed by atoms with Crippen LogP contribution in [0.3, 0.4) is 0 Å². The van der Waals surface area contributed by atoms with Gasteiger partial charge in [0.25, 0.3) is 0 Å². The molecule has 0 N–H and O–H groups in total. The molecule has 0 saturated heterocycles. The molecule has 0 amide bonds. The van der Waals surface area contributed by atoms with E-state index in [1.807, 2.05) is 0 Å². The molecular weight excluding hydrogens is 219 g/mol. The van der Waals surface area contributed by atoms with Crippen molar-refractivity contribution in [1.29, 1.82) is 0 Å². The van der Waals surface area contributed by atoms with Crippen LogP contribution in [0.25, 0.3) is 0 Å². The molecule has 0 aliphatic rings. The molecule has 0 nitrogen and oxygen atoms in total. The van der Waals surface area contributed by atoms with Crippen molar-refractivity contribution in [3.05, 3.63) is 0 Å². The number of alkyl halides is 3. The van der Waals surface area contributed by atoms with Crippen LogP contribution < -0.4 is 0 Å². The Morgan fingerprint density at radius 3 is 1.20 bits per heavy atom. The Kier molecular flexibility index (Phi) is 2.11. The summed E-state index contributed by atoms with van der Waals surface area (Å²) in [4.78, 5) is 0. The van der Waals surface area contributed by atoms with E-state index in [-0.39, 0.29) is 38.3 Å². The van der Waals surface area contributed by atoms with E-state index in [2.05, 4.69) is 0 Å². The third-order valence-corrected chi connectivity index (χ3v) is 0. The third-order valence-electron chi connectivity index (χ3n) is 0. The van der Waals surface area contributed by atoms with Gasteiger partial charge in [-0.1, -0.05) is 0 Å². The fraction of sp³-hybridized carbons (Fsp3) is 1.00. The van der Waals surface area contributed by atoms with Gasteiger partial charge in [-0.3, -0.25) is 0 Å². The SMILES string of the molecule is F[C](F)(F)[Sm]. The van der Waals surface area contributed by atoms with E-state index in [1.54, 1.807) is 0 Å². The zero-order chi connectivity index (χ0) is 4.50. The van der Waals surface area contributed by atoms with Gasteiger partial charge in [0, 0.05) is 0 Å². The van der Waals surface area contributed by atoms with Gasteiger partial charge in [0.15, 0.2) is 0 Å². The summed E-state index contributed by atoms with van der Waals surface area (Å²) in [5.41, 5.74) is 0. The minimum absolute atomic E-state index is 0.340. The topological polar surface area (TPSA) is 0 Å². The molecule has 0 unspecified atom stereocenters. The maximum absolute atomic E-state index is 10.4. The van der Waals surface area contributed by atoms with Gasteiger partial charge < -0.3 is 0 Å². The fourth-order valence-electron chi connectivity index (χ4n) is 0. The monoisotopic (exact) mass is 221 g/mol. The molecule has 0 aromatic rings. The molecule has 0 radical (unpaired) electrons. The van der Waals surface area contributed by atoms with Crippen molar-refractivity contribution >= 4 is 0 Å². The van der Waals surface area contributed by atoms with Crippen molar-refractivity contribution in [2.24, 2.45) is 0 Å². The van der Waals surface area contributed by atoms with Crippen LogP contribution in [0.4, 0.5) is 13.2 Å². The molecule has 0 rings (SSSR count). The average molecular weight is 219 g/mol. The van der Waals surface area contributed by atoms with E-state index in [1.165, 1.54) is 0 Å². The summed E-state index contributed by atoms with van der Waals surface area (Å²) in [5.74, 6) is 0. The Morgan fingerprint density at radius 2 is 1.20 bits per heavy atom. The summed E-state index contributed by atoms with van der Waals surface area (Å²) in [7, 11) is 0. The summed E-state index contributed by atoms with van der Waals surface area (Å²) in [6.07, 6.45) is 0. The van der Waals surface area contributed by atoms with E-state index < -0.39 is 1.89 Å². The van der Waals surface area contributed by atoms with Gasteiger partial charge in [-0.15, -0.1) is 0 Å². The van der Waals surface area contributed by atoms with Gasteiger partial charge in [-0.25, -0.2) is 0 Å². The van der Waals surface area contributed by atoms with Crippen molar-refractivity contribution in [2.45, 2.75) is 1.89 Å². The Bertz CT molecular complexity index is 22.4. The molecule has 0 aromatic carbocycles. The predicted octanol–water partition coefficient (Wildman–Crippen LogP) is 1.06. The second-order valence-electron chi connectivity index (χ2n) is 0.446. The van der Waals surface area contributed by atoms with Crippen LogP contribution in [0.2, 0.25) is 0 Å². The Labute approximate surface area is 53.0 Å². The van der Waals surface area contributed by atoms with E-state index in [4.69, 9.17) is 0 Å². The van der Waals surface area contributed by atoms with Crippen molar-refractivity contribution < 1.29 is 51.5 Å². The van der Waals surface area contributed by atoms with Crippen molar-refractivity contribution in [1.82, 2.24) is 0 Å². The molecule has 0 saturated carbocycles. The summed E-state index contributed by atoms with van der Waals surface area (Å²) < 4.78 is 27.3. The summed E-state index contributed by atoms with van der Waals surface area (Å²) >= 11 is -0.340. The van der Waals surface area contributed by atoms with Crippen LogP contribution in [0, 0.1) is 38.3 Å². The van der Waals surface area contributed by atoms with Crippen LogP contribution in [-0.2, 0) is 0 Å². The van der Waals surface area contributed by atoms with Gasteiger partial charge in [0.2, 0.25) is 0 Å². The van der Waals surface area contributed by atoms with E-state index >= 15 is 0 Å². The van der Waals surface area contributed by atoms with E-state index in [0.717, 1.165) is 0 Å². The third kappa shape index (κ3) is 39.4. The molecule has 0 aliphatic carbocycles. The van der Waals surface area contributed by atoms with Gasteiger partial charge in [0.1, 0.15) is 0 Å². The van der Waals surface area contributed by atoms with Crippen LogP contribution in [-0.4, -0.2) is 1.89 Å². The molecule has 0 heterocycles. The second-order valence-corrected chi connectivity index (χ2v) is 1.93. The number of hydrogen-bond donors (Lipinski definition) is 0. The molecule has 5 heavy (non-hydrogen) atoms. The van der Waals surface area contributed by atoms with Crippen LogP contribution >= 0.6 is 0 Å². The first kappa shape index (κ1) is 6.13. The Balaban J connectivity index is 3.02. The zero-order valence-electron chi connectivity index (χ0n) is 2.04. The van der Waals surface area contributed by atoms with Gasteiger partial charge in [0.05, 0.1) is 0 Å². The standard InChI is InChI=1S/CF3.Sm/c2-1(3)4;. The minimum atomic E-state index is -3.92. The summed E-state index contributed by atoms with van der Waals surface area (Å²) in [6, 6.07) is 0. The zero-order valence-corrected chi connectivity index (χ0v) is 4.66. The van der Waals surface area contributed by atoms with Crippen LogP contribution in [0.5, 0.6) is 0 Å². The van der Waals surface area contributed by atoms with Crippen LogP contribution in [0.15, 0.2) is 0 Å². The Hall–Kier alpha value is 1.13. The van der Waals surface area contributed by atoms with E-state index in [0.29, 0.717) is 0 Å². The second kappa shape index (κ2) is 1.72. The first-order valence-corrected chi connectivity index (χ1v) is 2.08. The summed E-state index contributed by atoms with van der Waals surface area (Å²) in [6.45, 7) is 0. The molecular formula is CF3Sm. The van der Waals surface area contributed by atoms with Gasteiger partial charge in [-0.2, -0.15) is 0 Å². The molecule has 4 heteroatoms.